The molecule has 3 rings (SSSR count). The fourth-order valence-corrected chi connectivity index (χ4v) is 2.31. The number of ketones is 1. The molecule has 4 nitrogen and oxygen atoms in total. The number of Topliss-reactive ketones (excluding diaryl/α,β-unsaturated/α-hetero) is 1. The minimum Gasteiger partial charge on any atom is -0.389 e. The molecule has 1 saturated carbocycles. The molecular formula is C12H11NO3. The summed E-state index contributed by atoms with van der Waals surface area (Å²) < 4.78 is 0. The predicted octanol–water partition coefficient (Wildman–Crippen LogP) is 0.739. The number of carbonyl (C=O) groups excluding carboxylic acids is 1. The quantitative estimate of drug-likeness (QED) is 0.754. The molecule has 82 valence electrons. The highest BCUT2D eigenvalue weighted by Gasteiger charge is 2.50. The molecule has 0 aromatic heterocycles. The van der Waals surface area contributed by atoms with Crippen LogP contribution in [-0.2, 0) is 9.63 Å². The second kappa shape index (κ2) is 3.42. The maximum absolute atomic E-state index is 11.7. The van der Waals surface area contributed by atoms with E-state index < -0.39 is 18.1 Å². The summed E-state index contributed by atoms with van der Waals surface area (Å²) in [6, 6.07) is 9.47. The van der Waals surface area contributed by atoms with Gasteiger partial charge in [0.15, 0.2) is 6.10 Å². The fraction of sp³-hybridized carbons (Fsp3) is 0.333. The summed E-state index contributed by atoms with van der Waals surface area (Å²) in [4.78, 5) is 16.9. The summed E-state index contributed by atoms with van der Waals surface area (Å²) >= 11 is 0. The molecule has 3 atom stereocenters. The normalized spacial score (nSPS) is 32.2. The van der Waals surface area contributed by atoms with Crippen molar-refractivity contribution in [3.8, 4) is 0 Å². The van der Waals surface area contributed by atoms with Gasteiger partial charge in [0.2, 0.25) is 0 Å². The van der Waals surface area contributed by atoms with E-state index in [-0.39, 0.29) is 12.2 Å². The zero-order valence-electron chi connectivity index (χ0n) is 8.54. The molecule has 1 heterocycles. The third kappa shape index (κ3) is 1.27. The standard InChI is InChI=1S/C12H11NO3/c14-8-6-9(15)12-10(8)11(13-16-12)7-4-2-1-3-5-7/h1-5,9-10,12,15H,6H2/t9-,10-,12-/m1/s1. The van der Waals surface area contributed by atoms with Crippen LogP contribution in [0.4, 0.5) is 0 Å². The average Bonchev–Trinajstić information content (AvgIpc) is 2.84. The van der Waals surface area contributed by atoms with Crippen molar-refractivity contribution in [2.45, 2.75) is 18.6 Å². The van der Waals surface area contributed by atoms with Crippen molar-refractivity contribution in [1.82, 2.24) is 0 Å². The number of carbonyl (C=O) groups is 1. The van der Waals surface area contributed by atoms with E-state index >= 15 is 0 Å². The summed E-state index contributed by atoms with van der Waals surface area (Å²) in [5.74, 6) is -0.380. The van der Waals surface area contributed by atoms with Gasteiger partial charge in [-0.3, -0.25) is 4.79 Å². The van der Waals surface area contributed by atoms with E-state index in [1.54, 1.807) is 0 Å². The maximum atomic E-state index is 11.7. The fourth-order valence-electron chi connectivity index (χ4n) is 2.31. The smallest absolute Gasteiger partial charge is 0.169 e. The van der Waals surface area contributed by atoms with Crippen molar-refractivity contribution in [2.24, 2.45) is 11.1 Å². The number of aliphatic hydroxyl groups excluding tert-OH is 1. The molecule has 2 aliphatic rings. The molecule has 0 unspecified atom stereocenters. The van der Waals surface area contributed by atoms with Gasteiger partial charge in [-0.05, 0) is 0 Å². The Morgan fingerprint density at radius 2 is 2.06 bits per heavy atom. The van der Waals surface area contributed by atoms with Crippen molar-refractivity contribution in [2.75, 3.05) is 0 Å². The van der Waals surface area contributed by atoms with Crippen LogP contribution in [-0.4, -0.2) is 28.8 Å². The first kappa shape index (κ1) is 9.54. The Morgan fingerprint density at radius 1 is 1.31 bits per heavy atom. The van der Waals surface area contributed by atoms with E-state index in [0.717, 1.165) is 5.56 Å². The van der Waals surface area contributed by atoms with Crippen LogP contribution >= 0.6 is 0 Å². The highest BCUT2D eigenvalue weighted by molar-refractivity contribution is 6.15. The number of fused-ring (bicyclic) bond motifs is 1. The number of benzene rings is 1. The first-order valence-corrected chi connectivity index (χ1v) is 5.27. The molecule has 4 heteroatoms. The van der Waals surface area contributed by atoms with Gasteiger partial charge in [0.25, 0.3) is 0 Å². The lowest BCUT2D eigenvalue weighted by Gasteiger charge is -2.09. The van der Waals surface area contributed by atoms with Gasteiger partial charge in [0, 0.05) is 12.0 Å². The first-order valence-electron chi connectivity index (χ1n) is 5.27. The van der Waals surface area contributed by atoms with Gasteiger partial charge in [-0.15, -0.1) is 0 Å². The Balaban J connectivity index is 1.97. The van der Waals surface area contributed by atoms with Gasteiger partial charge in [0.1, 0.15) is 23.5 Å². The van der Waals surface area contributed by atoms with Gasteiger partial charge in [-0.25, -0.2) is 0 Å². The molecule has 0 spiro atoms. The molecule has 1 aliphatic carbocycles. The summed E-state index contributed by atoms with van der Waals surface area (Å²) in [6.45, 7) is 0. The van der Waals surface area contributed by atoms with Crippen LogP contribution < -0.4 is 0 Å². The second-order valence-electron chi connectivity index (χ2n) is 4.13. The molecule has 1 aliphatic heterocycles. The largest absolute Gasteiger partial charge is 0.389 e. The van der Waals surface area contributed by atoms with Crippen LogP contribution in [0.15, 0.2) is 35.5 Å². The Kier molecular flexibility index (Phi) is 2.04. The van der Waals surface area contributed by atoms with E-state index in [0.29, 0.717) is 5.71 Å². The topological polar surface area (TPSA) is 58.9 Å². The Hall–Kier alpha value is -1.68. The van der Waals surface area contributed by atoms with E-state index in [1.165, 1.54) is 0 Å². The van der Waals surface area contributed by atoms with Gasteiger partial charge < -0.3 is 9.94 Å². The summed E-state index contributed by atoms with van der Waals surface area (Å²) in [6.07, 6.45) is -1.04. The van der Waals surface area contributed by atoms with Crippen molar-refractivity contribution < 1.29 is 14.7 Å². The van der Waals surface area contributed by atoms with Crippen LogP contribution in [0.25, 0.3) is 0 Å². The maximum Gasteiger partial charge on any atom is 0.169 e. The van der Waals surface area contributed by atoms with Gasteiger partial charge >= 0.3 is 0 Å². The SMILES string of the molecule is O=C1C[C@@H](O)[C@H]2ON=C(c3ccccc3)[C@@H]12. The Labute approximate surface area is 92.5 Å². The lowest BCUT2D eigenvalue weighted by atomic mass is 9.93. The van der Waals surface area contributed by atoms with Gasteiger partial charge in [-0.2, -0.15) is 0 Å². The van der Waals surface area contributed by atoms with Crippen molar-refractivity contribution in [3.05, 3.63) is 35.9 Å². The minimum atomic E-state index is -0.720. The molecule has 1 N–H and O–H groups in total. The van der Waals surface area contributed by atoms with Crippen LogP contribution in [0, 0.1) is 5.92 Å². The molecule has 1 aromatic carbocycles. The Morgan fingerprint density at radius 3 is 2.81 bits per heavy atom. The third-order valence-electron chi connectivity index (χ3n) is 3.10. The summed E-state index contributed by atoms with van der Waals surface area (Å²) in [5, 5.41) is 13.5. The lowest BCUT2D eigenvalue weighted by Crippen LogP contribution is -2.28. The highest BCUT2D eigenvalue weighted by atomic mass is 16.7. The molecule has 1 fully saturated rings. The second-order valence-corrected chi connectivity index (χ2v) is 4.13. The number of aliphatic hydroxyl groups is 1. The third-order valence-corrected chi connectivity index (χ3v) is 3.10. The molecular weight excluding hydrogens is 206 g/mol. The van der Waals surface area contributed by atoms with Gasteiger partial charge in [0.05, 0.1) is 0 Å². The van der Waals surface area contributed by atoms with E-state index in [4.69, 9.17) is 4.84 Å². The molecule has 0 radical (unpaired) electrons. The Bertz CT molecular complexity index is 455. The van der Waals surface area contributed by atoms with E-state index in [2.05, 4.69) is 5.16 Å². The van der Waals surface area contributed by atoms with Crippen molar-refractivity contribution in [1.29, 1.82) is 0 Å². The van der Waals surface area contributed by atoms with Crippen molar-refractivity contribution in [3.63, 3.8) is 0 Å². The minimum absolute atomic E-state index is 0.0117. The molecule has 0 amide bonds. The van der Waals surface area contributed by atoms with Gasteiger partial charge in [-0.1, -0.05) is 35.5 Å². The lowest BCUT2D eigenvalue weighted by molar-refractivity contribution is -0.119. The van der Waals surface area contributed by atoms with E-state index in [1.807, 2.05) is 30.3 Å². The number of oxime groups is 1. The number of nitrogens with zero attached hydrogens (tertiary/aromatic N) is 1. The molecule has 1 aromatic rings. The van der Waals surface area contributed by atoms with Crippen molar-refractivity contribution >= 4 is 11.5 Å². The zero-order chi connectivity index (χ0) is 11.1. The van der Waals surface area contributed by atoms with E-state index in [9.17, 15) is 9.90 Å². The first-order chi connectivity index (χ1) is 7.77. The number of hydrogen-bond acceptors (Lipinski definition) is 4. The monoisotopic (exact) mass is 217 g/mol. The molecule has 0 saturated heterocycles. The highest BCUT2D eigenvalue weighted by Crippen LogP contribution is 2.33. The van der Waals surface area contributed by atoms with Crippen LogP contribution in [0.2, 0.25) is 0 Å². The summed E-state index contributed by atoms with van der Waals surface area (Å²) in [5.41, 5.74) is 1.53. The van der Waals surface area contributed by atoms with Crippen LogP contribution in [0.3, 0.4) is 0 Å². The number of hydrogen-bond donors (Lipinski definition) is 1. The zero-order valence-corrected chi connectivity index (χ0v) is 8.54. The molecule has 0 bridgehead atoms. The molecule has 16 heavy (non-hydrogen) atoms. The van der Waals surface area contributed by atoms with Crippen LogP contribution in [0.1, 0.15) is 12.0 Å². The van der Waals surface area contributed by atoms with Crippen LogP contribution in [0.5, 0.6) is 0 Å². The average molecular weight is 217 g/mol. The number of rotatable bonds is 1. The summed E-state index contributed by atoms with van der Waals surface area (Å²) in [7, 11) is 0. The predicted molar refractivity (Wildman–Crippen MR) is 57.0 cm³/mol.